The third kappa shape index (κ3) is 3.66. The molecule has 1 atom stereocenters. The van der Waals surface area contributed by atoms with Crippen molar-refractivity contribution in [3.8, 4) is 5.75 Å². The van der Waals surface area contributed by atoms with Gasteiger partial charge in [-0.25, -0.2) is 8.78 Å². The summed E-state index contributed by atoms with van der Waals surface area (Å²) in [5.74, 6) is -1.93. The molecule has 1 amide bonds. The number of rotatable bonds is 7. The largest absolute Gasteiger partial charge is 0.490 e. The van der Waals surface area contributed by atoms with Gasteiger partial charge in [-0.1, -0.05) is 0 Å². The summed E-state index contributed by atoms with van der Waals surface area (Å²) < 4.78 is 31.4. The van der Waals surface area contributed by atoms with E-state index in [0.29, 0.717) is 12.5 Å². The summed E-state index contributed by atoms with van der Waals surface area (Å²) >= 11 is 0. The van der Waals surface area contributed by atoms with E-state index in [1.54, 1.807) is 6.92 Å². The van der Waals surface area contributed by atoms with Crippen LogP contribution < -0.4 is 15.8 Å². The fourth-order valence-electron chi connectivity index (χ4n) is 1.90. The number of hydrogen-bond acceptors (Lipinski definition) is 3. The molecule has 2 rings (SSSR count). The topological polar surface area (TPSA) is 64.3 Å². The molecule has 0 aromatic heterocycles. The number of ether oxygens (including phenoxy) is 1. The summed E-state index contributed by atoms with van der Waals surface area (Å²) in [5.41, 5.74) is 4.52. The average molecular weight is 284 g/mol. The van der Waals surface area contributed by atoms with E-state index in [9.17, 15) is 13.6 Å². The van der Waals surface area contributed by atoms with Gasteiger partial charge in [-0.2, -0.15) is 0 Å². The Balaban J connectivity index is 1.90. The van der Waals surface area contributed by atoms with Gasteiger partial charge in [0, 0.05) is 18.5 Å². The number of hydrogen-bond donors (Lipinski definition) is 2. The van der Waals surface area contributed by atoms with Gasteiger partial charge in [0.1, 0.15) is 5.82 Å². The lowest BCUT2D eigenvalue weighted by molar-refractivity contribution is -0.124. The molecule has 0 spiro atoms. The molecule has 110 valence electrons. The SMILES string of the molecule is CC(CCOc1ccc(F)cc1F)(NC1CC1)C(N)=O. The van der Waals surface area contributed by atoms with Crippen molar-refractivity contribution in [2.45, 2.75) is 37.8 Å². The molecule has 0 bridgehead atoms. The lowest BCUT2D eigenvalue weighted by Crippen LogP contribution is -2.54. The quantitative estimate of drug-likeness (QED) is 0.801. The fourth-order valence-corrected chi connectivity index (χ4v) is 1.90. The Morgan fingerprint density at radius 3 is 2.75 bits per heavy atom. The second kappa shape index (κ2) is 5.75. The van der Waals surface area contributed by atoms with E-state index in [1.165, 1.54) is 6.07 Å². The molecule has 1 fully saturated rings. The van der Waals surface area contributed by atoms with E-state index < -0.39 is 23.1 Å². The van der Waals surface area contributed by atoms with Crippen molar-refractivity contribution in [3.63, 3.8) is 0 Å². The number of amides is 1. The third-order valence-corrected chi connectivity index (χ3v) is 3.40. The molecule has 1 unspecified atom stereocenters. The smallest absolute Gasteiger partial charge is 0.237 e. The van der Waals surface area contributed by atoms with Gasteiger partial charge in [-0.05, 0) is 31.9 Å². The van der Waals surface area contributed by atoms with Gasteiger partial charge < -0.3 is 15.8 Å². The second-order valence-electron chi connectivity index (χ2n) is 5.29. The van der Waals surface area contributed by atoms with Crippen LogP contribution in [0.3, 0.4) is 0 Å². The number of halogens is 2. The number of carbonyl (C=O) groups is 1. The van der Waals surface area contributed by atoms with Crippen LogP contribution in [0.5, 0.6) is 5.75 Å². The fraction of sp³-hybridized carbons (Fsp3) is 0.500. The highest BCUT2D eigenvalue weighted by Gasteiger charge is 2.36. The Hall–Kier alpha value is -1.69. The molecule has 6 heteroatoms. The molecule has 1 aromatic rings. The van der Waals surface area contributed by atoms with Gasteiger partial charge in [0.15, 0.2) is 11.6 Å². The number of nitrogens with one attached hydrogen (secondary N) is 1. The van der Waals surface area contributed by atoms with Crippen LogP contribution in [0, 0.1) is 11.6 Å². The maximum Gasteiger partial charge on any atom is 0.237 e. The predicted octanol–water partition coefficient (Wildman–Crippen LogP) is 1.73. The second-order valence-corrected chi connectivity index (χ2v) is 5.29. The standard InChI is InChI=1S/C14H18F2N2O2/c1-14(13(17)19,18-10-3-4-10)6-7-20-12-5-2-9(15)8-11(12)16/h2,5,8,10,18H,3-4,6-7H2,1H3,(H2,17,19). The Morgan fingerprint density at radius 1 is 1.50 bits per heavy atom. The van der Waals surface area contributed by atoms with Crippen LogP contribution in [0.25, 0.3) is 0 Å². The summed E-state index contributed by atoms with van der Waals surface area (Å²) in [6.07, 6.45) is 2.36. The highest BCUT2D eigenvalue weighted by Crippen LogP contribution is 2.24. The first-order valence-electron chi connectivity index (χ1n) is 6.56. The molecule has 3 N–H and O–H groups in total. The van der Waals surface area contributed by atoms with E-state index in [0.717, 1.165) is 25.0 Å². The van der Waals surface area contributed by atoms with Crippen molar-refractivity contribution < 1.29 is 18.3 Å². The normalized spacial score (nSPS) is 17.6. The molecule has 1 aliphatic rings. The molecule has 0 saturated heterocycles. The lowest BCUT2D eigenvalue weighted by Gasteiger charge is -2.27. The Morgan fingerprint density at radius 2 is 2.20 bits per heavy atom. The van der Waals surface area contributed by atoms with Crippen LogP contribution in [0.2, 0.25) is 0 Å². The molecule has 0 aliphatic heterocycles. The van der Waals surface area contributed by atoms with E-state index >= 15 is 0 Å². The number of benzene rings is 1. The Kier molecular flexibility index (Phi) is 4.23. The molecule has 20 heavy (non-hydrogen) atoms. The van der Waals surface area contributed by atoms with Gasteiger partial charge in [0.05, 0.1) is 12.1 Å². The van der Waals surface area contributed by atoms with Crippen molar-refractivity contribution in [1.29, 1.82) is 0 Å². The van der Waals surface area contributed by atoms with Crippen LogP contribution in [0.4, 0.5) is 8.78 Å². The molecule has 0 heterocycles. The van der Waals surface area contributed by atoms with E-state index in [2.05, 4.69) is 5.32 Å². The first-order valence-corrected chi connectivity index (χ1v) is 6.56. The summed E-state index contributed by atoms with van der Waals surface area (Å²) in [4.78, 5) is 11.5. The van der Waals surface area contributed by atoms with Crippen LogP contribution in [0.15, 0.2) is 18.2 Å². The number of primary amides is 1. The van der Waals surface area contributed by atoms with E-state index in [4.69, 9.17) is 10.5 Å². The minimum absolute atomic E-state index is 0.0374. The zero-order valence-electron chi connectivity index (χ0n) is 11.3. The minimum Gasteiger partial charge on any atom is -0.490 e. The molecule has 4 nitrogen and oxygen atoms in total. The third-order valence-electron chi connectivity index (χ3n) is 3.40. The van der Waals surface area contributed by atoms with Gasteiger partial charge >= 0.3 is 0 Å². The summed E-state index contributed by atoms with van der Waals surface area (Å²) in [6.45, 7) is 1.82. The lowest BCUT2D eigenvalue weighted by atomic mass is 9.97. The molecule has 1 aromatic carbocycles. The van der Waals surface area contributed by atoms with Crippen molar-refractivity contribution in [3.05, 3.63) is 29.8 Å². The zero-order chi connectivity index (χ0) is 14.8. The number of nitrogens with two attached hydrogens (primary N) is 1. The van der Waals surface area contributed by atoms with Crippen LogP contribution >= 0.6 is 0 Å². The highest BCUT2D eigenvalue weighted by molar-refractivity contribution is 5.84. The van der Waals surface area contributed by atoms with E-state index in [1.807, 2.05) is 0 Å². The minimum atomic E-state index is -0.877. The van der Waals surface area contributed by atoms with Crippen molar-refractivity contribution in [2.24, 2.45) is 5.73 Å². The Labute approximate surface area is 116 Å². The van der Waals surface area contributed by atoms with Gasteiger partial charge in [0.25, 0.3) is 0 Å². The summed E-state index contributed by atoms with van der Waals surface area (Å²) in [6, 6.07) is 3.41. The summed E-state index contributed by atoms with van der Waals surface area (Å²) in [5, 5.41) is 3.17. The predicted molar refractivity (Wildman–Crippen MR) is 70.2 cm³/mol. The zero-order valence-corrected chi connectivity index (χ0v) is 11.3. The van der Waals surface area contributed by atoms with Gasteiger partial charge in [-0.15, -0.1) is 0 Å². The molecular weight excluding hydrogens is 266 g/mol. The molecule has 1 aliphatic carbocycles. The van der Waals surface area contributed by atoms with Crippen molar-refractivity contribution in [2.75, 3.05) is 6.61 Å². The molecule has 0 radical (unpaired) electrons. The van der Waals surface area contributed by atoms with Crippen molar-refractivity contribution >= 4 is 5.91 Å². The molecular formula is C14H18F2N2O2. The van der Waals surface area contributed by atoms with Crippen LogP contribution in [-0.4, -0.2) is 24.1 Å². The average Bonchev–Trinajstić information content (AvgIpc) is 3.15. The van der Waals surface area contributed by atoms with Crippen molar-refractivity contribution in [1.82, 2.24) is 5.32 Å². The van der Waals surface area contributed by atoms with Gasteiger partial charge in [0.2, 0.25) is 5.91 Å². The van der Waals surface area contributed by atoms with E-state index in [-0.39, 0.29) is 12.4 Å². The maximum absolute atomic E-state index is 13.4. The first-order chi connectivity index (χ1) is 9.40. The summed E-state index contributed by atoms with van der Waals surface area (Å²) in [7, 11) is 0. The number of carbonyl (C=O) groups excluding carboxylic acids is 1. The van der Waals surface area contributed by atoms with Crippen LogP contribution in [0.1, 0.15) is 26.2 Å². The Bertz CT molecular complexity index is 506. The van der Waals surface area contributed by atoms with Gasteiger partial charge in [-0.3, -0.25) is 4.79 Å². The maximum atomic E-state index is 13.4. The molecule has 1 saturated carbocycles. The van der Waals surface area contributed by atoms with Crippen LogP contribution in [-0.2, 0) is 4.79 Å². The monoisotopic (exact) mass is 284 g/mol. The first kappa shape index (κ1) is 14.7. The highest BCUT2D eigenvalue weighted by atomic mass is 19.1.